The van der Waals surface area contributed by atoms with Gasteiger partial charge in [-0.05, 0) is 24.1 Å². The van der Waals surface area contributed by atoms with Crippen molar-refractivity contribution < 1.29 is 33.5 Å². The van der Waals surface area contributed by atoms with E-state index in [1.165, 1.54) is 4.90 Å². The number of hydrogen-bond donors (Lipinski definition) is 3. The van der Waals surface area contributed by atoms with Crippen molar-refractivity contribution in [3.05, 3.63) is 35.4 Å². The summed E-state index contributed by atoms with van der Waals surface area (Å²) in [6, 6.07) is 5.54. The van der Waals surface area contributed by atoms with Gasteiger partial charge in [-0.1, -0.05) is 32.9 Å². The molecule has 36 heavy (non-hydrogen) atoms. The predicted molar refractivity (Wildman–Crippen MR) is 129 cm³/mol. The highest BCUT2D eigenvalue weighted by Crippen LogP contribution is 2.17. The van der Waals surface area contributed by atoms with E-state index in [0.29, 0.717) is 0 Å². The first-order valence-corrected chi connectivity index (χ1v) is 12.1. The maximum atomic E-state index is 12.6. The molecule has 0 aliphatic carbocycles. The summed E-state index contributed by atoms with van der Waals surface area (Å²) in [6.45, 7) is 5.82. The van der Waals surface area contributed by atoms with Crippen LogP contribution in [0.2, 0.25) is 0 Å². The van der Waals surface area contributed by atoms with Gasteiger partial charge in [0.25, 0.3) is 5.91 Å². The number of imide groups is 2. The average molecular weight is 503 g/mol. The molecule has 0 bridgehead atoms. The third-order valence-electron chi connectivity index (χ3n) is 5.72. The van der Waals surface area contributed by atoms with Gasteiger partial charge in [-0.15, -0.1) is 0 Å². The fourth-order valence-corrected chi connectivity index (χ4v) is 3.53. The molecule has 196 valence electrons. The molecule has 1 fully saturated rings. The van der Waals surface area contributed by atoms with Crippen LogP contribution in [0.1, 0.15) is 56.0 Å². The number of likely N-dealkylation sites (tertiary alicyclic amines) is 1. The van der Waals surface area contributed by atoms with Crippen LogP contribution in [0.5, 0.6) is 0 Å². The summed E-state index contributed by atoms with van der Waals surface area (Å²) < 4.78 is 5.38. The lowest BCUT2D eigenvalue weighted by atomic mass is 10.1. The molecule has 1 aliphatic heterocycles. The highest BCUT2D eigenvalue weighted by atomic mass is 16.5. The number of nitrogens with one attached hydrogen (secondary N) is 3. The van der Waals surface area contributed by atoms with Gasteiger partial charge in [0.05, 0.1) is 26.2 Å². The first kappa shape index (κ1) is 28.6. The quantitative estimate of drug-likeness (QED) is 0.260. The second-order valence-electron chi connectivity index (χ2n) is 8.50. The highest BCUT2D eigenvalue weighted by molar-refractivity contribution is 6.07. The maximum Gasteiger partial charge on any atom is 0.257 e. The van der Waals surface area contributed by atoms with E-state index in [9.17, 15) is 28.8 Å². The van der Waals surface area contributed by atoms with E-state index in [-0.39, 0.29) is 68.9 Å². The van der Waals surface area contributed by atoms with Crippen molar-refractivity contribution in [2.24, 2.45) is 5.92 Å². The van der Waals surface area contributed by atoms with Gasteiger partial charge in [0.1, 0.15) is 6.04 Å². The molecular formula is C25H34N4O7. The molecule has 6 amide bonds. The average Bonchev–Trinajstić information content (AvgIpc) is 3.11. The fraction of sp³-hybridized carbons (Fsp3) is 0.520. The molecule has 2 unspecified atom stereocenters. The summed E-state index contributed by atoms with van der Waals surface area (Å²) in [7, 11) is 0. The van der Waals surface area contributed by atoms with E-state index in [1.54, 1.807) is 38.1 Å². The second kappa shape index (κ2) is 14.1. The molecule has 0 radical (unpaired) electrons. The number of amides is 6. The summed E-state index contributed by atoms with van der Waals surface area (Å²) in [5.74, 6) is -3.13. The van der Waals surface area contributed by atoms with Crippen LogP contribution >= 0.6 is 0 Å². The third kappa shape index (κ3) is 8.56. The lowest BCUT2D eigenvalue weighted by molar-refractivity contribution is -0.140. The largest absolute Gasteiger partial charge is 0.378 e. The number of benzene rings is 1. The van der Waals surface area contributed by atoms with Crippen molar-refractivity contribution >= 4 is 35.4 Å². The van der Waals surface area contributed by atoms with Crippen LogP contribution in [-0.4, -0.2) is 72.7 Å². The summed E-state index contributed by atoms with van der Waals surface area (Å²) >= 11 is 0. The zero-order valence-corrected chi connectivity index (χ0v) is 20.9. The normalized spacial score (nSPS) is 16.0. The van der Waals surface area contributed by atoms with Crippen LogP contribution in [0, 0.1) is 5.92 Å². The molecule has 0 saturated carbocycles. The smallest absolute Gasteiger partial charge is 0.257 e. The van der Waals surface area contributed by atoms with Crippen LogP contribution in [-0.2, 0) is 35.1 Å². The fourth-order valence-electron chi connectivity index (χ4n) is 3.53. The number of carbonyl (C=O) groups is 6. The van der Waals surface area contributed by atoms with Crippen molar-refractivity contribution in [1.29, 1.82) is 0 Å². The number of ether oxygens (including phenoxy) is 1. The number of rotatable bonds is 13. The summed E-state index contributed by atoms with van der Waals surface area (Å²) in [5.41, 5.74) is 1.33. The maximum absolute atomic E-state index is 12.6. The van der Waals surface area contributed by atoms with Crippen LogP contribution in [0.4, 0.5) is 0 Å². The molecule has 1 heterocycles. The topological polar surface area (TPSA) is 151 Å². The molecule has 11 heteroatoms. The number of carbonyl (C=O) groups excluding carboxylic acids is 6. The highest BCUT2D eigenvalue weighted by Gasteiger charge is 2.35. The van der Waals surface area contributed by atoms with Gasteiger partial charge < -0.3 is 15.4 Å². The number of aryl methyl sites for hydroxylation is 1. The minimum absolute atomic E-state index is 0.104. The zero-order chi connectivity index (χ0) is 26.7. The molecule has 2 atom stereocenters. The Balaban J connectivity index is 1.79. The van der Waals surface area contributed by atoms with Crippen molar-refractivity contribution in [2.45, 2.75) is 52.5 Å². The van der Waals surface area contributed by atoms with Gasteiger partial charge in [-0.3, -0.25) is 39.0 Å². The Kier molecular flexibility index (Phi) is 11.2. The molecule has 0 spiro atoms. The summed E-state index contributed by atoms with van der Waals surface area (Å²) in [5, 5.41) is 7.28. The van der Waals surface area contributed by atoms with E-state index in [2.05, 4.69) is 16.0 Å². The lowest BCUT2D eigenvalue weighted by Crippen LogP contribution is -2.50. The summed E-state index contributed by atoms with van der Waals surface area (Å²) in [4.78, 5) is 74.0. The third-order valence-corrected chi connectivity index (χ3v) is 5.72. The Bertz CT molecular complexity index is 977. The zero-order valence-electron chi connectivity index (χ0n) is 20.9. The molecule has 0 aromatic heterocycles. The Labute approximate surface area is 210 Å². The molecule has 1 saturated heterocycles. The molecule has 3 N–H and O–H groups in total. The molecule has 1 aromatic rings. The Morgan fingerprint density at radius 1 is 1.06 bits per heavy atom. The monoisotopic (exact) mass is 502 g/mol. The van der Waals surface area contributed by atoms with Crippen LogP contribution in [0.15, 0.2) is 24.3 Å². The van der Waals surface area contributed by atoms with Gasteiger partial charge in [0, 0.05) is 30.9 Å². The van der Waals surface area contributed by atoms with Gasteiger partial charge in [0.2, 0.25) is 29.5 Å². The number of hydrogen-bond acceptors (Lipinski definition) is 7. The lowest BCUT2D eigenvalue weighted by Gasteiger charge is -2.18. The second-order valence-corrected chi connectivity index (χ2v) is 8.50. The van der Waals surface area contributed by atoms with Crippen molar-refractivity contribution in [2.75, 3.05) is 26.3 Å². The minimum Gasteiger partial charge on any atom is -0.378 e. The molecule has 2 rings (SSSR count). The van der Waals surface area contributed by atoms with Gasteiger partial charge >= 0.3 is 0 Å². The van der Waals surface area contributed by atoms with Crippen LogP contribution in [0.3, 0.4) is 0 Å². The molecule has 1 aromatic carbocycles. The Morgan fingerprint density at radius 3 is 2.33 bits per heavy atom. The van der Waals surface area contributed by atoms with Gasteiger partial charge in [-0.25, -0.2) is 0 Å². The van der Waals surface area contributed by atoms with E-state index in [0.717, 1.165) is 12.0 Å². The van der Waals surface area contributed by atoms with Crippen molar-refractivity contribution in [3.63, 3.8) is 0 Å². The Hall–Kier alpha value is -3.60. The number of nitrogens with zero attached hydrogens (tertiary/aromatic N) is 1. The van der Waals surface area contributed by atoms with E-state index in [4.69, 9.17) is 4.74 Å². The van der Waals surface area contributed by atoms with E-state index in [1.807, 2.05) is 6.92 Å². The van der Waals surface area contributed by atoms with Crippen LogP contribution < -0.4 is 16.0 Å². The molecule has 11 nitrogen and oxygen atoms in total. The summed E-state index contributed by atoms with van der Waals surface area (Å²) in [6.07, 6.45) is 0.749. The van der Waals surface area contributed by atoms with Gasteiger partial charge in [-0.2, -0.15) is 0 Å². The standard InChI is InChI=1S/C25H34N4O7/c1-4-17-6-8-18(9-7-17)23(33)28-24(34)19(27-20(30)5-2)15-21(31)26-10-12-36-13-11-29-22(32)14-16(3)25(29)35/h6-9,16,19H,4-5,10-15H2,1-3H3,(H,26,31)(H,27,30)(H,28,33,34). The van der Waals surface area contributed by atoms with Crippen molar-refractivity contribution in [3.8, 4) is 0 Å². The van der Waals surface area contributed by atoms with Crippen molar-refractivity contribution in [1.82, 2.24) is 20.9 Å². The molecular weight excluding hydrogens is 468 g/mol. The Morgan fingerprint density at radius 2 is 1.75 bits per heavy atom. The minimum atomic E-state index is -1.23. The first-order chi connectivity index (χ1) is 17.2. The van der Waals surface area contributed by atoms with Crippen LogP contribution in [0.25, 0.3) is 0 Å². The van der Waals surface area contributed by atoms with E-state index >= 15 is 0 Å². The predicted octanol–water partition coefficient (Wildman–Crippen LogP) is 0.318. The SMILES string of the molecule is CCC(=O)NC(CC(=O)NCCOCCN1C(=O)CC(C)C1=O)C(=O)NC(=O)c1ccc(CC)cc1. The first-order valence-electron chi connectivity index (χ1n) is 12.1. The van der Waals surface area contributed by atoms with E-state index < -0.39 is 29.7 Å². The van der Waals surface area contributed by atoms with Gasteiger partial charge in [0.15, 0.2) is 0 Å². The molecule has 1 aliphatic rings.